The second-order valence-electron chi connectivity index (χ2n) is 9.47. The number of carbonyl (C=O) groups is 1. The number of ether oxygens (including phenoxy) is 2. The number of alkyl halides is 3. The zero-order valence-electron chi connectivity index (χ0n) is 21.4. The second-order valence-corrected chi connectivity index (χ2v) is 9.47. The fraction of sp³-hybridized carbons (Fsp3) is 0.536. The Labute approximate surface area is 201 Å². The number of rotatable bonds is 8. The molecule has 0 unspecified atom stereocenters. The van der Waals surface area contributed by atoms with Crippen LogP contribution in [0.3, 0.4) is 0 Å². The molecule has 0 saturated carbocycles. The molecule has 1 aromatic rings. The van der Waals surface area contributed by atoms with Gasteiger partial charge in [-0.05, 0) is 92.7 Å². The number of hydrogen-bond acceptors (Lipinski definition) is 3. The number of carbonyl (C=O) groups excluding carboxylic acids is 1. The minimum absolute atomic E-state index is 0.117. The van der Waals surface area contributed by atoms with Crippen LogP contribution in [0.1, 0.15) is 81.7 Å². The van der Waals surface area contributed by atoms with Gasteiger partial charge < -0.3 is 9.47 Å². The third kappa shape index (κ3) is 6.34. The summed E-state index contributed by atoms with van der Waals surface area (Å²) >= 11 is 0. The molecule has 0 bridgehead atoms. The van der Waals surface area contributed by atoms with E-state index in [0.717, 1.165) is 42.0 Å². The average Bonchev–Trinajstić information content (AvgIpc) is 2.72. The third-order valence-electron chi connectivity index (χ3n) is 6.26. The fourth-order valence-corrected chi connectivity index (χ4v) is 4.84. The Morgan fingerprint density at radius 3 is 2.41 bits per heavy atom. The van der Waals surface area contributed by atoms with Gasteiger partial charge in [-0.15, -0.1) is 0 Å². The van der Waals surface area contributed by atoms with Crippen molar-refractivity contribution >= 4 is 11.5 Å². The highest BCUT2D eigenvalue weighted by Crippen LogP contribution is 2.49. The van der Waals surface area contributed by atoms with Crippen LogP contribution in [0, 0.1) is 13.8 Å². The van der Waals surface area contributed by atoms with Gasteiger partial charge in [-0.3, -0.25) is 0 Å². The van der Waals surface area contributed by atoms with Crippen LogP contribution < -0.4 is 4.74 Å². The molecule has 0 spiro atoms. The van der Waals surface area contributed by atoms with Gasteiger partial charge in [-0.25, -0.2) is 4.79 Å². The van der Waals surface area contributed by atoms with Gasteiger partial charge >= 0.3 is 12.1 Å². The molecule has 0 fully saturated rings. The molecule has 34 heavy (non-hydrogen) atoms. The number of fused-ring (bicyclic) bond motifs is 1. The number of hydrogen-bond donors (Lipinski definition) is 0. The van der Waals surface area contributed by atoms with E-state index >= 15 is 0 Å². The van der Waals surface area contributed by atoms with Gasteiger partial charge in [0.25, 0.3) is 0 Å². The van der Waals surface area contributed by atoms with Gasteiger partial charge in [0.15, 0.2) is 0 Å². The molecule has 0 amide bonds. The topological polar surface area (TPSA) is 35.5 Å². The minimum atomic E-state index is -4.58. The van der Waals surface area contributed by atoms with E-state index in [1.807, 2.05) is 13.8 Å². The molecule has 0 atom stereocenters. The van der Waals surface area contributed by atoms with E-state index in [0.29, 0.717) is 29.9 Å². The Kier molecular flexibility index (Phi) is 9.21. The number of benzene rings is 1. The Morgan fingerprint density at radius 2 is 1.82 bits per heavy atom. The van der Waals surface area contributed by atoms with Crippen molar-refractivity contribution in [1.29, 1.82) is 0 Å². The average molecular weight is 479 g/mol. The lowest BCUT2D eigenvalue weighted by Gasteiger charge is -2.37. The largest absolute Gasteiger partial charge is 0.493 e. The first-order valence-electron chi connectivity index (χ1n) is 11.9. The molecule has 0 aliphatic heterocycles. The summed E-state index contributed by atoms with van der Waals surface area (Å²) < 4.78 is 54.0. The molecule has 2 rings (SSSR count). The van der Waals surface area contributed by atoms with E-state index in [2.05, 4.69) is 13.8 Å². The van der Waals surface area contributed by atoms with Crippen molar-refractivity contribution in [3.8, 4) is 5.75 Å². The van der Waals surface area contributed by atoms with Crippen molar-refractivity contribution in [2.45, 2.75) is 85.7 Å². The summed E-state index contributed by atoms with van der Waals surface area (Å²) in [5, 5.41) is 0. The molecule has 0 heterocycles. The molecular weight excluding hydrogens is 441 g/mol. The first-order chi connectivity index (χ1) is 15.8. The Morgan fingerprint density at radius 1 is 1.15 bits per heavy atom. The maximum absolute atomic E-state index is 14.4. The number of esters is 1. The molecule has 0 radical (unpaired) electrons. The Bertz CT molecular complexity index is 995. The summed E-state index contributed by atoms with van der Waals surface area (Å²) in [6.07, 6.45) is 3.94. The van der Waals surface area contributed by atoms with Crippen LogP contribution in [0.5, 0.6) is 5.75 Å². The van der Waals surface area contributed by atoms with Gasteiger partial charge in [0, 0.05) is 11.6 Å². The van der Waals surface area contributed by atoms with Crippen molar-refractivity contribution in [2.75, 3.05) is 13.2 Å². The van der Waals surface area contributed by atoms with Crippen LogP contribution in [-0.2, 0) is 21.4 Å². The number of halogens is 3. The lowest BCUT2D eigenvalue weighted by Crippen LogP contribution is -2.27. The van der Waals surface area contributed by atoms with Crippen LogP contribution >= 0.6 is 0 Å². The molecule has 1 aliphatic carbocycles. The van der Waals surface area contributed by atoms with Crippen molar-refractivity contribution in [3.05, 3.63) is 57.7 Å². The van der Waals surface area contributed by atoms with Crippen molar-refractivity contribution in [2.24, 2.45) is 0 Å². The Hall–Kier alpha value is -2.50. The Balaban J connectivity index is 2.72. The predicted octanol–water partition coefficient (Wildman–Crippen LogP) is 7.72. The van der Waals surface area contributed by atoms with E-state index < -0.39 is 17.7 Å². The SMILES string of the molecule is CCCOc1c(C)c2c(c(C)c1/C(=C/C=C/C(C)=C/C(=O)OCC)C(F)(F)F)CCCC2(C)C. The summed E-state index contributed by atoms with van der Waals surface area (Å²) in [6.45, 7) is 13.8. The van der Waals surface area contributed by atoms with Crippen molar-refractivity contribution in [1.82, 2.24) is 0 Å². The normalized spacial score (nSPS) is 16.5. The highest BCUT2D eigenvalue weighted by atomic mass is 19.4. The van der Waals surface area contributed by atoms with Crippen LogP contribution in [0.2, 0.25) is 0 Å². The lowest BCUT2D eigenvalue weighted by molar-refractivity contribution is -0.137. The summed E-state index contributed by atoms with van der Waals surface area (Å²) in [4.78, 5) is 11.6. The first-order valence-corrected chi connectivity index (χ1v) is 11.9. The van der Waals surface area contributed by atoms with Crippen LogP contribution in [0.25, 0.3) is 5.57 Å². The van der Waals surface area contributed by atoms with Gasteiger partial charge in [0.2, 0.25) is 0 Å². The second kappa shape index (κ2) is 11.3. The molecule has 0 saturated heterocycles. The van der Waals surface area contributed by atoms with E-state index in [1.165, 1.54) is 18.2 Å². The van der Waals surface area contributed by atoms with Crippen molar-refractivity contribution in [3.63, 3.8) is 0 Å². The maximum atomic E-state index is 14.4. The van der Waals surface area contributed by atoms with Gasteiger partial charge in [0.1, 0.15) is 5.75 Å². The quantitative estimate of drug-likeness (QED) is 0.218. The van der Waals surface area contributed by atoms with Gasteiger partial charge in [-0.2, -0.15) is 13.2 Å². The monoisotopic (exact) mass is 478 g/mol. The van der Waals surface area contributed by atoms with Crippen LogP contribution in [-0.4, -0.2) is 25.4 Å². The minimum Gasteiger partial charge on any atom is -0.493 e. The number of allylic oxidation sites excluding steroid dienone is 5. The van der Waals surface area contributed by atoms with E-state index in [4.69, 9.17) is 9.47 Å². The molecule has 0 aromatic heterocycles. The molecular formula is C28H37F3O3. The molecule has 1 aromatic carbocycles. The van der Waals surface area contributed by atoms with Crippen molar-refractivity contribution < 1.29 is 27.4 Å². The molecule has 1 aliphatic rings. The highest BCUT2D eigenvalue weighted by Gasteiger charge is 2.40. The third-order valence-corrected chi connectivity index (χ3v) is 6.26. The molecule has 0 N–H and O–H groups in total. The molecule has 3 nitrogen and oxygen atoms in total. The summed E-state index contributed by atoms with van der Waals surface area (Å²) in [6, 6.07) is 0. The molecule has 6 heteroatoms. The van der Waals surface area contributed by atoms with Crippen LogP contribution in [0.4, 0.5) is 13.2 Å². The standard InChI is InChI=1S/C28H37F3O3/c1-8-16-34-26-20(5)25-21(13-11-15-27(25,6)7)19(4)24(26)22(28(29,30)31)14-10-12-18(3)17-23(32)33-9-2/h10,12,14,17H,8-9,11,13,15-16H2,1-7H3/b12-10+,18-17+,22-14-. The van der Waals surface area contributed by atoms with Gasteiger partial charge in [-0.1, -0.05) is 32.9 Å². The molecule has 188 valence electrons. The zero-order valence-corrected chi connectivity index (χ0v) is 21.4. The van der Waals surface area contributed by atoms with Gasteiger partial charge in [0.05, 0.1) is 18.8 Å². The summed E-state index contributed by atoms with van der Waals surface area (Å²) in [5.74, 6) is -0.201. The van der Waals surface area contributed by atoms with E-state index in [-0.39, 0.29) is 17.6 Å². The van der Waals surface area contributed by atoms with Crippen LogP contribution in [0.15, 0.2) is 29.9 Å². The van der Waals surface area contributed by atoms with E-state index in [9.17, 15) is 18.0 Å². The summed E-state index contributed by atoms with van der Waals surface area (Å²) in [5.41, 5.74) is 3.31. The summed E-state index contributed by atoms with van der Waals surface area (Å²) in [7, 11) is 0. The fourth-order valence-electron chi connectivity index (χ4n) is 4.84. The highest BCUT2D eigenvalue weighted by molar-refractivity contribution is 5.83. The smallest absolute Gasteiger partial charge is 0.417 e. The predicted molar refractivity (Wildman–Crippen MR) is 131 cm³/mol. The maximum Gasteiger partial charge on any atom is 0.417 e. The first kappa shape index (κ1) is 27.7. The zero-order chi connectivity index (χ0) is 25.7. The van der Waals surface area contributed by atoms with E-state index in [1.54, 1.807) is 20.8 Å². The lowest BCUT2D eigenvalue weighted by atomic mass is 9.68.